The van der Waals surface area contributed by atoms with Crippen molar-refractivity contribution < 1.29 is 14.3 Å². The summed E-state index contributed by atoms with van der Waals surface area (Å²) in [5, 5.41) is 0. The average Bonchev–Trinajstić information content (AvgIpc) is 2.73. The highest BCUT2D eigenvalue weighted by Gasteiger charge is 2.33. The first-order chi connectivity index (χ1) is 13.8. The van der Waals surface area contributed by atoms with Gasteiger partial charge in [0.05, 0.1) is 6.61 Å². The molecule has 2 saturated heterocycles. The first-order valence-electron chi connectivity index (χ1n) is 11.1. The van der Waals surface area contributed by atoms with Crippen molar-refractivity contribution in [1.29, 1.82) is 0 Å². The van der Waals surface area contributed by atoms with Crippen molar-refractivity contribution >= 4 is 11.9 Å². The van der Waals surface area contributed by atoms with Crippen molar-refractivity contribution in [2.24, 2.45) is 5.92 Å². The molecule has 160 valence electrons. The molecule has 0 aliphatic carbocycles. The summed E-state index contributed by atoms with van der Waals surface area (Å²) < 4.78 is 5.12. The van der Waals surface area contributed by atoms with E-state index >= 15 is 0 Å². The molecule has 0 radical (unpaired) electrons. The van der Waals surface area contributed by atoms with E-state index < -0.39 is 0 Å². The Morgan fingerprint density at radius 1 is 1.03 bits per heavy atom. The topological polar surface area (TPSA) is 49.9 Å². The van der Waals surface area contributed by atoms with Gasteiger partial charge in [0.2, 0.25) is 0 Å². The Hall–Kier alpha value is -1.88. The fourth-order valence-corrected chi connectivity index (χ4v) is 4.55. The third-order valence-electron chi connectivity index (χ3n) is 6.37. The second-order valence-electron chi connectivity index (χ2n) is 9.44. The highest BCUT2D eigenvalue weighted by atomic mass is 16.6. The van der Waals surface area contributed by atoms with E-state index in [4.69, 9.17) is 4.74 Å². The lowest BCUT2D eigenvalue weighted by atomic mass is 9.84. The van der Waals surface area contributed by atoms with E-state index in [9.17, 15) is 9.59 Å². The molecule has 0 N–H and O–H groups in total. The number of Topliss-reactive ketones (excluding diaryl/α,β-unsaturated/α-hetero) is 1. The summed E-state index contributed by atoms with van der Waals surface area (Å²) in [5.74, 6) is 0.353. The van der Waals surface area contributed by atoms with E-state index in [1.807, 2.05) is 24.0 Å². The molecular weight excluding hydrogens is 364 g/mol. The zero-order valence-corrected chi connectivity index (χ0v) is 18.4. The maximum atomic E-state index is 13.1. The zero-order chi connectivity index (χ0) is 21.0. The number of likely N-dealkylation sites (tertiary alicyclic amines) is 2. The summed E-state index contributed by atoms with van der Waals surface area (Å²) in [6, 6.07) is 8.65. The number of nitrogens with zero attached hydrogens (tertiary/aromatic N) is 2. The van der Waals surface area contributed by atoms with Gasteiger partial charge in [0, 0.05) is 37.2 Å². The number of hydrogen-bond donors (Lipinski definition) is 0. The van der Waals surface area contributed by atoms with Crippen LogP contribution in [-0.4, -0.2) is 60.5 Å². The van der Waals surface area contributed by atoms with Crippen LogP contribution in [0.5, 0.6) is 0 Å². The number of amides is 1. The molecular formula is C24H36N2O3. The predicted molar refractivity (Wildman–Crippen MR) is 115 cm³/mol. The Morgan fingerprint density at radius 2 is 1.69 bits per heavy atom. The standard InChI is InChI=1S/C24H36N2O3/c1-5-29-23(28)25-15-12-21(13-16-25)26-14-6-7-19(17-26)22(27)18-8-10-20(11-9-18)24(2,3)4/h8-11,19,21H,5-7,12-17H2,1-4H3/t19-/m0/s1. The van der Waals surface area contributed by atoms with Crippen LogP contribution in [0, 0.1) is 5.92 Å². The highest BCUT2D eigenvalue weighted by Crippen LogP contribution is 2.28. The number of carbonyl (C=O) groups excluding carboxylic acids is 2. The second-order valence-corrected chi connectivity index (χ2v) is 9.44. The van der Waals surface area contributed by atoms with E-state index in [0.29, 0.717) is 12.6 Å². The van der Waals surface area contributed by atoms with Crippen LogP contribution in [0.15, 0.2) is 24.3 Å². The Kier molecular flexibility index (Phi) is 6.99. The van der Waals surface area contributed by atoms with Crippen LogP contribution >= 0.6 is 0 Å². The fraction of sp³-hybridized carbons (Fsp3) is 0.667. The van der Waals surface area contributed by atoms with Gasteiger partial charge in [-0.3, -0.25) is 9.69 Å². The normalized spacial score (nSPS) is 21.8. The van der Waals surface area contributed by atoms with Crippen LogP contribution in [0.25, 0.3) is 0 Å². The molecule has 2 heterocycles. The van der Waals surface area contributed by atoms with Crippen LogP contribution in [-0.2, 0) is 10.2 Å². The molecule has 1 aromatic rings. The number of ether oxygens (including phenoxy) is 1. The van der Waals surface area contributed by atoms with Crippen molar-refractivity contribution in [1.82, 2.24) is 9.80 Å². The predicted octanol–water partition coefficient (Wildman–Crippen LogP) is 4.50. The van der Waals surface area contributed by atoms with Gasteiger partial charge in [0.25, 0.3) is 0 Å². The molecule has 29 heavy (non-hydrogen) atoms. The number of piperidine rings is 2. The van der Waals surface area contributed by atoms with Gasteiger partial charge in [-0.1, -0.05) is 45.0 Å². The molecule has 2 aliphatic rings. The number of ketones is 1. The minimum Gasteiger partial charge on any atom is -0.450 e. The molecule has 3 rings (SSSR count). The summed E-state index contributed by atoms with van der Waals surface area (Å²) in [6.45, 7) is 12.2. The molecule has 1 amide bonds. The number of rotatable bonds is 4. The van der Waals surface area contributed by atoms with Gasteiger partial charge in [-0.05, 0) is 50.1 Å². The van der Waals surface area contributed by atoms with Crippen molar-refractivity contribution in [3.8, 4) is 0 Å². The summed E-state index contributed by atoms with van der Waals surface area (Å²) in [7, 11) is 0. The first kappa shape index (κ1) is 21.8. The van der Waals surface area contributed by atoms with Gasteiger partial charge in [-0.25, -0.2) is 4.79 Å². The smallest absolute Gasteiger partial charge is 0.409 e. The third-order valence-corrected chi connectivity index (χ3v) is 6.37. The van der Waals surface area contributed by atoms with Crippen molar-refractivity contribution in [2.75, 3.05) is 32.8 Å². The number of benzene rings is 1. The van der Waals surface area contributed by atoms with E-state index in [1.165, 1.54) is 5.56 Å². The maximum absolute atomic E-state index is 13.1. The quantitative estimate of drug-likeness (QED) is 0.698. The van der Waals surface area contributed by atoms with Crippen LogP contribution in [0.3, 0.4) is 0 Å². The molecule has 0 spiro atoms. The van der Waals surface area contributed by atoms with Crippen LogP contribution in [0.4, 0.5) is 4.79 Å². The van der Waals surface area contributed by atoms with Crippen molar-refractivity contribution in [3.05, 3.63) is 35.4 Å². The number of hydrogen-bond acceptors (Lipinski definition) is 4. The van der Waals surface area contributed by atoms with Crippen LogP contribution < -0.4 is 0 Å². The molecule has 5 nitrogen and oxygen atoms in total. The monoisotopic (exact) mass is 400 g/mol. The lowest BCUT2D eigenvalue weighted by Crippen LogP contribution is -2.50. The Balaban J connectivity index is 1.57. The third kappa shape index (κ3) is 5.39. The van der Waals surface area contributed by atoms with E-state index in [-0.39, 0.29) is 23.2 Å². The fourth-order valence-electron chi connectivity index (χ4n) is 4.55. The van der Waals surface area contributed by atoms with Gasteiger partial charge in [-0.2, -0.15) is 0 Å². The van der Waals surface area contributed by atoms with Gasteiger partial charge in [0.1, 0.15) is 0 Å². The largest absolute Gasteiger partial charge is 0.450 e. The number of carbonyl (C=O) groups is 2. The van der Waals surface area contributed by atoms with Gasteiger partial charge >= 0.3 is 6.09 Å². The highest BCUT2D eigenvalue weighted by molar-refractivity contribution is 5.98. The summed E-state index contributed by atoms with van der Waals surface area (Å²) in [5.41, 5.74) is 2.19. The van der Waals surface area contributed by atoms with Gasteiger partial charge in [-0.15, -0.1) is 0 Å². The summed E-state index contributed by atoms with van der Waals surface area (Å²) in [4.78, 5) is 29.3. The molecule has 0 aromatic heterocycles. The molecule has 1 aromatic carbocycles. The van der Waals surface area contributed by atoms with Gasteiger partial charge in [0.15, 0.2) is 5.78 Å². The molecule has 2 aliphatic heterocycles. The first-order valence-corrected chi connectivity index (χ1v) is 11.1. The van der Waals surface area contributed by atoms with E-state index in [1.54, 1.807) is 0 Å². The van der Waals surface area contributed by atoms with E-state index in [2.05, 4.69) is 37.8 Å². The maximum Gasteiger partial charge on any atom is 0.409 e. The van der Waals surface area contributed by atoms with E-state index in [0.717, 1.165) is 57.4 Å². The minimum atomic E-state index is -0.198. The lowest BCUT2D eigenvalue weighted by molar-refractivity contribution is 0.0532. The zero-order valence-electron chi connectivity index (χ0n) is 18.4. The molecule has 2 fully saturated rings. The van der Waals surface area contributed by atoms with Crippen molar-refractivity contribution in [3.63, 3.8) is 0 Å². The molecule has 0 bridgehead atoms. The Labute approximate surface area is 175 Å². The van der Waals surface area contributed by atoms with Crippen molar-refractivity contribution in [2.45, 2.75) is 64.8 Å². The van der Waals surface area contributed by atoms with Crippen LogP contribution in [0.2, 0.25) is 0 Å². The molecule has 5 heteroatoms. The van der Waals surface area contributed by atoms with Crippen LogP contribution in [0.1, 0.15) is 69.3 Å². The Bertz CT molecular complexity index is 700. The minimum absolute atomic E-state index is 0.0762. The summed E-state index contributed by atoms with van der Waals surface area (Å²) >= 11 is 0. The van der Waals surface area contributed by atoms with Gasteiger partial charge < -0.3 is 9.64 Å². The lowest BCUT2D eigenvalue weighted by Gasteiger charge is -2.41. The average molecular weight is 401 g/mol. The second kappa shape index (κ2) is 9.29. The summed E-state index contributed by atoms with van der Waals surface area (Å²) in [6.07, 6.45) is 3.75. The molecule has 1 atom stereocenters. The molecule has 0 unspecified atom stereocenters. The molecule has 0 saturated carbocycles. The Morgan fingerprint density at radius 3 is 2.28 bits per heavy atom. The SMILES string of the molecule is CCOC(=O)N1CCC(N2CCC[C@H](C(=O)c3ccc(C(C)(C)C)cc3)C2)CC1.